The fourth-order valence-electron chi connectivity index (χ4n) is 2.61. The third-order valence-electron chi connectivity index (χ3n) is 3.74. The molecule has 1 fully saturated rings. The third-order valence-corrected chi connectivity index (χ3v) is 6.10. The summed E-state index contributed by atoms with van der Waals surface area (Å²) in [7, 11) is -1.25. The van der Waals surface area contributed by atoms with E-state index in [1.165, 1.54) is 0 Å². The molecule has 0 aromatic heterocycles. The number of guanidine groups is 1. The van der Waals surface area contributed by atoms with Crippen LogP contribution in [-0.2, 0) is 16.4 Å². The Hall–Kier alpha value is -0.750. The van der Waals surface area contributed by atoms with E-state index in [0.29, 0.717) is 30.4 Å². The number of nitrogens with one attached hydrogen (secondary N) is 2. The molecule has 1 aromatic carbocycles. The Morgan fingerprint density at radius 2 is 2.21 bits per heavy atom. The van der Waals surface area contributed by atoms with Gasteiger partial charge in [-0.2, -0.15) is 0 Å². The van der Waals surface area contributed by atoms with Crippen LogP contribution in [0.3, 0.4) is 0 Å². The van der Waals surface area contributed by atoms with Gasteiger partial charge in [0, 0.05) is 19.6 Å². The van der Waals surface area contributed by atoms with E-state index in [0.717, 1.165) is 10.0 Å². The zero-order valence-corrected chi connectivity index (χ0v) is 17.8. The molecule has 134 valence electrons. The number of hydrogen-bond donors (Lipinski definition) is 2. The molecule has 0 saturated carbocycles. The molecule has 0 radical (unpaired) electrons. The lowest BCUT2D eigenvalue weighted by molar-refractivity contribution is 0.173. The first-order valence-corrected chi connectivity index (χ1v) is 9.84. The summed E-state index contributed by atoms with van der Waals surface area (Å²) in [6.07, 6.45) is 0.610. The molecule has 1 saturated heterocycles. The minimum absolute atomic E-state index is 0. The van der Waals surface area contributed by atoms with Crippen LogP contribution >= 0.6 is 39.9 Å². The summed E-state index contributed by atoms with van der Waals surface area (Å²) in [6.45, 7) is 0.762. The van der Waals surface area contributed by atoms with Crippen molar-refractivity contribution in [2.24, 2.45) is 4.99 Å². The highest BCUT2D eigenvalue weighted by molar-refractivity contribution is 14.0. The van der Waals surface area contributed by atoms with E-state index in [-0.39, 0.29) is 48.3 Å². The van der Waals surface area contributed by atoms with Gasteiger partial charge in [0.2, 0.25) is 6.79 Å². The Balaban J connectivity index is 0.00000208. The lowest BCUT2D eigenvalue weighted by Crippen LogP contribution is -2.43. The van der Waals surface area contributed by atoms with Gasteiger partial charge in [0.15, 0.2) is 27.3 Å². The third kappa shape index (κ3) is 4.66. The molecule has 2 aliphatic rings. The second kappa shape index (κ2) is 8.09. The Morgan fingerprint density at radius 1 is 1.42 bits per heavy atom. The summed E-state index contributed by atoms with van der Waals surface area (Å²) in [5.74, 6) is 2.40. The largest absolute Gasteiger partial charge is 0.454 e. The molecule has 3 rings (SSSR count). The van der Waals surface area contributed by atoms with Crippen LogP contribution in [-0.4, -0.2) is 45.8 Å². The van der Waals surface area contributed by atoms with Crippen LogP contribution in [0.5, 0.6) is 11.5 Å². The first-order valence-electron chi connectivity index (χ1n) is 7.22. The molecule has 2 aliphatic heterocycles. The number of benzene rings is 1. The molecule has 1 unspecified atom stereocenters. The van der Waals surface area contributed by atoms with E-state index in [9.17, 15) is 8.42 Å². The first-order chi connectivity index (χ1) is 11.0. The van der Waals surface area contributed by atoms with Gasteiger partial charge in [-0.3, -0.25) is 4.99 Å². The van der Waals surface area contributed by atoms with E-state index >= 15 is 0 Å². The minimum atomic E-state index is -2.91. The Morgan fingerprint density at radius 3 is 2.88 bits per heavy atom. The average Bonchev–Trinajstić information content (AvgIpc) is 3.10. The van der Waals surface area contributed by atoms with Crippen LogP contribution in [0.1, 0.15) is 12.0 Å². The molecular weight excluding hydrogens is 513 g/mol. The SMILES string of the molecule is CN=C(NCc1cc(Br)c2c(c1)OCO2)NC1CCS(=O)(=O)C1.I. The molecule has 1 atom stereocenters. The van der Waals surface area contributed by atoms with Crippen molar-refractivity contribution >= 4 is 55.7 Å². The highest BCUT2D eigenvalue weighted by Gasteiger charge is 2.28. The molecule has 2 heterocycles. The summed E-state index contributed by atoms with van der Waals surface area (Å²) < 4.78 is 34.6. The van der Waals surface area contributed by atoms with Crippen LogP contribution in [0.2, 0.25) is 0 Å². The molecule has 0 aliphatic carbocycles. The topological polar surface area (TPSA) is 89.0 Å². The van der Waals surface area contributed by atoms with Crippen molar-refractivity contribution in [3.05, 3.63) is 22.2 Å². The number of fused-ring (bicyclic) bond motifs is 1. The molecule has 10 heteroatoms. The Bertz CT molecular complexity index is 742. The lowest BCUT2D eigenvalue weighted by atomic mass is 10.2. The minimum Gasteiger partial charge on any atom is -0.454 e. The highest BCUT2D eigenvalue weighted by atomic mass is 127. The number of hydrogen-bond acceptors (Lipinski definition) is 5. The van der Waals surface area contributed by atoms with Gasteiger partial charge >= 0.3 is 0 Å². The van der Waals surface area contributed by atoms with Gasteiger partial charge in [0.05, 0.1) is 16.0 Å². The van der Waals surface area contributed by atoms with Gasteiger partial charge in [-0.25, -0.2) is 8.42 Å². The van der Waals surface area contributed by atoms with Gasteiger partial charge in [-0.1, -0.05) is 0 Å². The molecule has 7 nitrogen and oxygen atoms in total. The van der Waals surface area contributed by atoms with Crippen molar-refractivity contribution in [3.63, 3.8) is 0 Å². The monoisotopic (exact) mass is 531 g/mol. The summed E-state index contributed by atoms with van der Waals surface area (Å²) in [4.78, 5) is 4.14. The normalized spacial score (nSPS) is 21.2. The predicted octanol–water partition coefficient (Wildman–Crippen LogP) is 1.65. The smallest absolute Gasteiger partial charge is 0.231 e. The second-order valence-corrected chi connectivity index (χ2v) is 8.56. The molecule has 24 heavy (non-hydrogen) atoms. The number of halogens is 2. The Kier molecular flexibility index (Phi) is 6.59. The van der Waals surface area contributed by atoms with E-state index in [1.54, 1.807) is 7.05 Å². The van der Waals surface area contributed by atoms with Gasteiger partial charge in [-0.15, -0.1) is 24.0 Å². The van der Waals surface area contributed by atoms with Crippen molar-refractivity contribution in [1.29, 1.82) is 0 Å². The van der Waals surface area contributed by atoms with Gasteiger partial charge in [0.25, 0.3) is 0 Å². The average molecular weight is 532 g/mol. The highest BCUT2D eigenvalue weighted by Crippen LogP contribution is 2.39. The second-order valence-electron chi connectivity index (χ2n) is 5.48. The van der Waals surface area contributed by atoms with Crippen LogP contribution in [0.4, 0.5) is 0 Å². The van der Waals surface area contributed by atoms with Crippen LogP contribution in [0, 0.1) is 0 Å². The van der Waals surface area contributed by atoms with Gasteiger partial charge in [0.1, 0.15) is 0 Å². The molecule has 2 N–H and O–H groups in total. The maximum absolute atomic E-state index is 11.5. The number of rotatable bonds is 3. The van der Waals surface area contributed by atoms with E-state index < -0.39 is 9.84 Å². The predicted molar refractivity (Wildman–Crippen MR) is 106 cm³/mol. The fourth-order valence-corrected chi connectivity index (χ4v) is 4.88. The summed E-state index contributed by atoms with van der Waals surface area (Å²) >= 11 is 3.46. The number of sulfone groups is 1. The lowest BCUT2D eigenvalue weighted by Gasteiger charge is -2.16. The van der Waals surface area contributed by atoms with Gasteiger partial charge in [-0.05, 0) is 40.0 Å². The molecular formula is C14H19BrIN3O4S. The van der Waals surface area contributed by atoms with Crippen molar-refractivity contribution in [2.75, 3.05) is 25.3 Å². The van der Waals surface area contributed by atoms with Crippen LogP contribution < -0.4 is 20.1 Å². The molecule has 0 spiro atoms. The zero-order chi connectivity index (χ0) is 16.4. The van der Waals surface area contributed by atoms with Crippen molar-refractivity contribution in [3.8, 4) is 11.5 Å². The molecule has 0 amide bonds. The number of nitrogens with zero attached hydrogens (tertiary/aromatic N) is 1. The number of ether oxygens (including phenoxy) is 2. The van der Waals surface area contributed by atoms with Gasteiger partial charge < -0.3 is 20.1 Å². The van der Waals surface area contributed by atoms with Crippen molar-refractivity contribution < 1.29 is 17.9 Å². The zero-order valence-electron chi connectivity index (χ0n) is 13.0. The standard InChI is InChI=1S/C14H18BrN3O4S.HI/c1-16-14(18-10-2-3-23(19,20)7-10)17-6-9-4-11(15)13-12(5-9)21-8-22-13;/h4-5,10H,2-3,6-8H2,1H3,(H2,16,17,18);1H. The van der Waals surface area contributed by atoms with E-state index in [1.807, 2.05) is 12.1 Å². The quantitative estimate of drug-likeness (QED) is 0.350. The summed E-state index contributed by atoms with van der Waals surface area (Å²) in [5.41, 5.74) is 1.00. The van der Waals surface area contributed by atoms with E-state index in [4.69, 9.17) is 9.47 Å². The molecule has 1 aromatic rings. The fraction of sp³-hybridized carbons (Fsp3) is 0.500. The van der Waals surface area contributed by atoms with E-state index in [2.05, 4.69) is 31.6 Å². The summed E-state index contributed by atoms with van der Waals surface area (Å²) in [6, 6.07) is 3.77. The summed E-state index contributed by atoms with van der Waals surface area (Å²) in [5, 5.41) is 6.34. The Labute approximate surface area is 166 Å². The maximum atomic E-state index is 11.5. The van der Waals surface area contributed by atoms with Crippen LogP contribution in [0.25, 0.3) is 0 Å². The first kappa shape index (κ1) is 19.6. The number of aliphatic imine (C=N–C) groups is 1. The van der Waals surface area contributed by atoms with Crippen molar-refractivity contribution in [1.82, 2.24) is 10.6 Å². The van der Waals surface area contributed by atoms with Crippen LogP contribution in [0.15, 0.2) is 21.6 Å². The maximum Gasteiger partial charge on any atom is 0.231 e. The van der Waals surface area contributed by atoms with Crippen molar-refractivity contribution in [2.45, 2.75) is 19.0 Å². The molecule has 0 bridgehead atoms.